The Labute approximate surface area is 143 Å². The molecule has 6 rings (SSSR count). The van der Waals surface area contributed by atoms with E-state index in [-0.39, 0.29) is 11.2 Å². The van der Waals surface area contributed by atoms with Crippen LogP contribution in [0.1, 0.15) is 21.5 Å². The summed E-state index contributed by atoms with van der Waals surface area (Å²) in [6.07, 6.45) is 6.42. The second-order valence-electron chi connectivity index (χ2n) is 6.84. The molecule has 116 valence electrons. The van der Waals surface area contributed by atoms with E-state index in [9.17, 15) is 9.59 Å². The van der Waals surface area contributed by atoms with E-state index in [1.807, 2.05) is 30.3 Å². The molecule has 0 bridgehead atoms. The van der Waals surface area contributed by atoms with Crippen molar-refractivity contribution in [1.82, 2.24) is 0 Å². The van der Waals surface area contributed by atoms with E-state index in [0.29, 0.717) is 0 Å². The number of carbonyl (C=O) groups excluding carboxylic acids is 1. The predicted molar refractivity (Wildman–Crippen MR) is 102 cm³/mol. The quantitative estimate of drug-likeness (QED) is 0.473. The molecule has 2 heteroatoms. The molecular weight excluding hydrogens is 308 g/mol. The predicted octanol–water partition coefficient (Wildman–Crippen LogP) is 4.64. The van der Waals surface area contributed by atoms with E-state index in [1.54, 1.807) is 18.2 Å². The minimum Gasteiger partial charge on any atom is -0.290 e. The lowest BCUT2D eigenvalue weighted by atomic mass is 9.78. The van der Waals surface area contributed by atoms with Crippen molar-refractivity contribution in [3.05, 3.63) is 87.6 Å². The lowest BCUT2D eigenvalue weighted by Crippen LogP contribution is -2.10. The molecule has 2 aliphatic carbocycles. The standard InChI is InChI=1S/C23H12O2/c24-16-10-14-6-4-12-2-1-3-17-19(12)21(14)22-15(11-16)7-5-13-8-9-18(25)23(17)20(13)22/h1-6,8-11H,7H2. The lowest BCUT2D eigenvalue weighted by molar-refractivity contribution is 0.104. The van der Waals surface area contributed by atoms with Crippen LogP contribution in [0.3, 0.4) is 0 Å². The summed E-state index contributed by atoms with van der Waals surface area (Å²) in [5, 5.41) is 6.31. The van der Waals surface area contributed by atoms with Crippen LogP contribution in [0.15, 0.2) is 65.5 Å². The van der Waals surface area contributed by atoms with E-state index in [4.69, 9.17) is 0 Å². The molecule has 4 aromatic carbocycles. The fourth-order valence-corrected chi connectivity index (χ4v) is 4.57. The van der Waals surface area contributed by atoms with Crippen LogP contribution in [0.2, 0.25) is 0 Å². The maximum atomic E-state index is 12.8. The summed E-state index contributed by atoms with van der Waals surface area (Å²) in [6, 6.07) is 13.6. The Morgan fingerprint density at radius 1 is 0.760 bits per heavy atom. The van der Waals surface area contributed by atoms with Crippen LogP contribution < -0.4 is 5.43 Å². The summed E-state index contributed by atoms with van der Waals surface area (Å²) in [4.78, 5) is 25.2. The molecule has 0 fully saturated rings. The fourth-order valence-electron chi connectivity index (χ4n) is 4.57. The van der Waals surface area contributed by atoms with Crippen LogP contribution in [-0.2, 0) is 6.42 Å². The van der Waals surface area contributed by atoms with Crippen molar-refractivity contribution in [3.63, 3.8) is 0 Å². The van der Waals surface area contributed by atoms with Gasteiger partial charge in [0.15, 0.2) is 11.2 Å². The van der Waals surface area contributed by atoms with Gasteiger partial charge in [-0.2, -0.15) is 0 Å². The number of ketones is 1. The number of hydrogen-bond donors (Lipinski definition) is 0. The third kappa shape index (κ3) is 1.50. The van der Waals surface area contributed by atoms with Crippen molar-refractivity contribution in [3.8, 4) is 0 Å². The molecule has 4 aromatic rings. The van der Waals surface area contributed by atoms with Gasteiger partial charge in [0.1, 0.15) is 0 Å². The average molecular weight is 320 g/mol. The van der Waals surface area contributed by atoms with Gasteiger partial charge in [-0.1, -0.05) is 42.5 Å². The third-order valence-electron chi connectivity index (χ3n) is 5.52. The Morgan fingerprint density at radius 3 is 2.56 bits per heavy atom. The second-order valence-corrected chi connectivity index (χ2v) is 6.84. The van der Waals surface area contributed by atoms with Gasteiger partial charge in [0, 0.05) is 11.1 Å². The molecule has 25 heavy (non-hydrogen) atoms. The Morgan fingerprint density at radius 2 is 1.64 bits per heavy atom. The van der Waals surface area contributed by atoms with E-state index < -0.39 is 0 Å². The summed E-state index contributed by atoms with van der Waals surface area (Å²) in [5.74, 6) is 0.0454. The van der Waals surface area contributed by atoms with Crippen LogP contribution in [0.4, 0.5) is 0 Å². The second kappa shape index (κ2) is 4.22. The van der Waals surface area contributed by atoms with Gasteiger partial charge in [0.2, 0.25) is 0 Å². The number of fused-ring (bicyclic) bond motifs is 1. The highest BCUT2D eigenvalue weighted by Gasteiger charge is 2.27. The van der Waals surface area contributed by atoms with Gasteiger partial charge in [-0.25, -0.2) is 0 Å². The first-order valence-electron chi connectivity index (χ1n) is 8.43. The number of hydrogen-bond acceptors (Lipinski definition) is 2. The van der Waals surface area contributed by atoms with Crippen molar-refractivity contribution in [2.24, 2.45) is 0 Å². The van der Waals surface area contributed by atoms with Gasteiger partial charge in [-0.15, -0.1) is 0 Å². The van der Waals surface area contributed by atoms with Crippen molar-refractivity contribution in [2.75, 3.05) is 0 Å². The maximum Gasteiger partial charge on any atom is 0.187 e. The van der Waals surface area contributed by atoms with Crippen LogP contribution in [-0.4, -0.2) is 5.78 Å². The number of allylic oxidation sites excluding steroid dienone is 4. The zero-order valence-electron chi connectivity index (χ0n) is 13.3. The first-order valence-corrected chi connectivity index (χ1v) is 8.43. The van der Waals surface area contributed by atoms with Gasteiger partial charge >= 0.3 is 0 Å². The molecule has 0 saturated heterocycles. The number of rotatable bonds is 0. The highest BCUT2D eigenvalue weighted by Crippen LogP contribution is 2.45. The summed E-state index contributed by atoms with van der Waals surface area (Å²) in [6.45, 7) is 0. The Hall–Kier alpha value is -3.26. The van der Waals surface area contributed by atoms with Crippen molar-refractivity contribution in [1.29, 1.82) is 0 Å². The molecule has 0 spiro atoms. The van der Waals surface area contributed by atoms with Crippen LogP contribution in [0, 0.1) is 0 Å². The summed E-state index contributed by atoms with van der Waals surface area (Å²) in [5.41, 5.74) is 3.90. The van der Waals surface area contributed by atoms with Crippen LogP contribution in [0.5, 0.6) is 0 Å². The van der Waals surface area contributed by atoms with Crippen molar-refractivity contribution >= 4 is 43.7 Å². The fraction of sp³-hybridized carbons (Fsp3) is 0.0435. The monoisotopic (exact) mass is 320 g/mol. The normalized spacial score (nSPS) is 15.4. The minimum atomic E-state index is 0.0154. The third-order valence-corrected chi connectivity index (χ3v) is 5.52. The summed E-state index contributed by atoms with van der Waals surface area (Å²) in [7, 11) is 0. The molecule has 0 atom stereocenters. The van der Waals surface area contributed by atoms with Gasteiger partial charge in [0.25, 0.3) is 0 Å². The first-order chi connectivity index (χ1) is 12.2. The van der Waals surface area contributed by atoms with E-state index in [2.05, 4.69) is 12.1 Å². The molecular formula is C23H12O2. The molecule has 0 saturated carbocycles. The van der Waals surface area contributed by atoms with Gasteiger partial charge in [0.05, 0.1) is 0 Å². The Bertz CT molecular complexity index is 1390. The van der Waals surface area contributed by atoms with Crippen LogP contribution >= 0.6 is 0 Å². The zero-order chi connectivity index (χ0) is 16.7. The highest BCUT2D eigenvalue weighted by atomic mass is 16.1. The number of benzene rings is 3. The summed E-state index contributed by atoms with van der Waals surface area (Å²) < 4.78 is 0. The highest BCUT2D eigenvalue weighted by molar-refractivity contribution is 6.33. The molecule has 0 amide bonds. The SMILES string of the molecule is O=C1C=CC2=CCc3cc(=O)cc4ccc5cccc6c1c2c3c4c56. The van der Waals surface area contributed by atoms with E-state index in [0.717, 1.165) is 61.0 Å². The molecule has 0 N–H and O–H groups in total. The Balaban J connectivity index is 2.11. The van der Waals surface area contributed by atoms with Crippen molar-refractivity contribution in [2.45, 2.75) is 6.42 Å². The van der Waals surface area contributed by atoms with E-state index in [1.165, 1.54) is 0 Å². The topological polar surface area (TPSA) is 34.1 Å². The number of carbonyl (C=O) groups is 1. The van der Waals surface area contributed by atoms with Gasteiger partial charge in [-0.05, 0) is 68.1 Å². The first kappa shape index (κ1) is 13.1. The maximum absolute atomic E-state index is 12.8. The average Bonchev–Trinajstić information content (AvgIpc) is 2.77. The molecule has 2 aliphatic rings. The Kier molecular flexibility index (Phi) is 2.21. The van der Waals surface area contributed by atoms with Crippen LogP contribution in [0.25, 0.3) is 37.9 Å². The van der Waals surface area contributed by atoms with E-state index >= 15 is 0 Å². The molecule has 0 heterocycles. The molecule has 2 nitrogen and oxygen atoms in total. The van der Waals surface area contributed by atoms with Gasteiger partial charge in [-0.3, -0.25) is 9.59 Å². The lowest BCUT2D eigenvalue weighted by Gasteiger charge is -2.24. The largest absolute Gasteiger partial charge is 0.290 e. The van der Waals surface area contributed by atoms with Gasteiger partial charge < -0.3 is 0 Å². The minimum absolute atomic E-state index is 0.0154. The summed E-state index contributed by atoms with van der Waals surface area (Å²) >= 11 is 0. The smallest absolute Gasteiger partial charge is 0.187 e. The molecule has 0 aliphatic heterocycles. The molecule has 0 unspecified atom stereocenters. The van der Waals surface area contributed by atoms with Crippen molar-refractivity contribution < 1.29 is 4.79 Å². The molecule has 0 aromatic heterocycles. The molecule has 0 radical (unpaired) electrons. The zero-order valence-corrected chi connectivity index (χ0v) is 13.3.